The van der Waals surface area contributed by atoms with Gasteiger partial charge in [-0.3, -0.25) is 4.57 Å². The van der Waals surface area contributed by atoms with Gasteiger partial charge in [-0.05, 0) is 6.07 Å². The van der Waals surface area contributed by atoms with Gasteiger partial charge in [0.05, 0.1) is 5.02 Å². The van der Waals surface area contributed by atoms with Gasteiger partial charge in [-0.1, -0.05) is 16.8 Å². The molecule has 0 saturated heterocycles. The van der Waals surface area contributed by atoms with E-state index in [0.717, 1.165) is 0 Å². The van der Waals surface area contributed by atoms with E-state index in [1.165, 1.54) is 0 Å². The van der Waals surface area contributed by atoms with Gasteiger partial charge in [0, 0.05) is 26.1 Å². The molecule has 3 rings (SSSR count). The molecular formula is C11H11ClN6O. The molecule has 3 aromatic heterocycles. The number of aromatic nitrogens is 5. The maximum atomic E-state index is 5.88. The third kappa shape index (κ3) is 2.24. The molecule has 98 valence electrons. The highest BCUT2D eigenvalue weighted by molar-refractivity contribution is 6.31. The minimum Gasteiger partial charge on any atom is -0.369 e. The van der Waals surface area contributed by atoms with E-state index in [2.05, 4.69) is 20.1 Å². The van der Waals surface area contributed by atoms with Crippen LogP contribution < -0.4 is 5.73 Å². The molecule has 0 amide bonds. The van der Waals surface area contributed by atoms with E-state index < -0.39 is 0 Å². The van der Waals surface area contributed by atoms with Crippen LogP contribution in [0, 0.1) is 6.92 Å². The Morgan fingerprint density at radius 1 is 1.42 bits per heavy atom. The molecule has 19 heavy (non-hydrogen) atoms. The summed E-state index contributed by atoms with van der Waals surface area (Å²) in [6.07, 6.45) is 2.16. The maximum Gasteiger partial charge on any atom is 0.223 e. The van der Waals surface area contributed by atoms with E-state index in [1.807, 2.05) is 0 Å². The number of fused-ring (bicyclic) bond motifs is 1. The summed E-state index contributed by atoms with van der Waals surface area (Å²) in [6.45, 7) is 2.33. The molecule has 0 saturated carbocycles. The molecule has 0 aliphatic rings. The summed E-state index contributed by atoms with van der Waals surface area (Å²) >= 11 is 5.87. The molecule has 3 heterocycles. The van der Waals surface area contributed by atoms with Crippen LogP contribution in [0.15, 0.2) is 16.8 Å². The summed E-state index contributed by atoms with van der Waals surface area (Å²) in [5.41, 5.74) is 7.25. The van der Waals surface area contributed by atoms with E-state index in [0.29, 0.717) is 46.8 Å². The summed E-state index contributed by atoms with van der Waals surface area (Å²) in [6, 6.07) is 1.73. The predicted molar refractivity (Wildman–Crippen MR) is 69.7 cm³/mol. The number of nitrogens with two attached hydrogens (primary N) is 1. The van der Waals surface area contributed by atoms with Gasteiger partial charge in [0.1, 0.15) is 5.52 Å². The van der Waals surface area contributed by atoms with Crippen molar-refractivity contribution in [3.05, 3.63) is 29.0 Å². The van der Waals surface area contributed by atoms with Gasteiger partial charge < -0.3 is 10.3 Å². The van der Waals surface area contributed by atoms with Crippen molar-refractivity contribution in [3.63, 3.8) is 0 Å². The predicted octanol–water partition coefficient (Wildman–Crippen LogP) is 1.60. The van der Waals surface area contributed by atoms with Crippen LogP contribution in [0.25, 0.3) is 11.2 Å². The number of hydrogen-bond acceptors (Lipinski definition) is 6. The highest BCUT2D eigenvalue weighted by Gasteiger charge is 2.11. The Morgan fingerprint density at radius 3 is 3.00 bits per heavy atom. The smallest absolute Gasteiger partial charge is 0.223 e. The molecule has 0 aliphatic heterocycles. The number of rotatable bonds is 3. The molecule has 0 bridgehead atoms. The van der Waals surface area contributed by atoms with Gasteiger partial charge >= 0.3 is 0 Å². The number of nitrogen functional groups attached to an aromatic ring is 1. The summed E-state index contributed by atoms with van der Waals surface area (Å²) in [5, 5.41) is 4.37. The van der Waals surface area contributed by atoms with E-state index in [1.54, 1.807) is 23.8 Å². The summed E-state index contributed by atoms with van der Waals surface area (Å²) in [7, 11) is 0. The van der Waals surface area contributed by atoms with Gasteiger partial charge in [-0.2, -0.15) is 4.98 Å². The first-order chi connectivity index (χ1) is 9.13. The van der Waals surface area contributed by atoms with E-state index >= 15 is 0 Å². The van der Waals surface area contributed by atoms with Crippen LogP contribution in [0.5, 0.6) is 0 Å². The van der Waals surface area contributed by atoms with Crippen molar-refractivity contribution in [2.24, 2.45) is 0 Å². The Morgan fingerprint density at radius 2 is 2.26 bits per heavy atom. The van der Waals surface area contributed by atoms with Crippen LogP contribution in [0.2, 0.25) is 5.02 Å². The molecule has 0 unspecified atom stereocenters. The second-order valence-corrected chi connectivity index (χ2v) is 4.53. The first kappa shape index (κ1) is 11.9. The van der Waals surface area contributed by atoms with Crippen molar-refractivity contribution in [1.82, 2.24) is 24.7 Å². The number of hydrogen-bond donors (Lipinski definition) is 1. The van der Waals surface area contributed by atoms with Gasteiger partial charge in [-0.25, -0.2) is 9.97 Å². The molecule has 2 N–H and O–H groups in total. The minimum atomic E-state index is 0.394. The first-order valence-electron chi connectivity index (χ1n) is 5.70. The standard InChI is InChI=1S/C11H11ClN6O/c1-6-15-9(17-19-6)2-3-18-10-8(16-11(18)13)4-7(12)5-14-10/h4-5H,2-3H2,1H3,(H2,13,16). The van der Waals surface area contributed by atoms with Crippen LogP contribution in [0.1, 0.15) is 11.7 Å². The number of imidazole rings is 1. The van der Waals surface area contributed by atoms with Crippen molar-refractivity contribution in [2.75, 3.05) is 5.73 Å². The number of pyridine rings is 1. The first-order valence-corrected chi connectivity index (χ1v) is 6.08. The SMILES string of the molecule is Cc1nc(CCn2c(N)nc3cc(Cl)cnc32)no1. The van der Waals surface area contributed by atoms with Crippen LogP contribution in [-0.4, -0.2) is 24.7 Å². The molecule has 0 fully saturated rings. The zero-order valence-corrected chi connectivity index (χ0v) is 10.9. The van der Waals surface area contributed by atoms with E-state index in [9.17, 15) is 0 Å². The summed E-state index contributed by atoms with van der Waals surface area (Å²) < 4.78 is 6.72. The Kier molecular flexibility index (Phi) is 2.83. The van der Waals surface area contributed by atoms with E-state index in [4.69, 9.17) is 21.9 Å². The average molecular weight is 279 g/mol. The number of nitrogens with zero attached hydrogens (tertiary/aromatic N) is 5. The highest BCUT2D eigenvalue weighted by Crippen LogP contribution is 2.19. The van der Waals surface area contributed by atoms with Gasteiger partial charge in [0.2, 0.25) is 11.8 Å². The van der Waals surface area contributed by atoms with Crippen molar-refractivity contribution >= 4 is 28.7 Å². The second-order valence-electron chi connectivity index (χ2n) is 4.10. The van der Waals surface area contributed by atoms with Crippen molar-refractivity contribution < 1.29 is 4.52 Å². The molecule has 0 aromatic carbocycles. The monoisotopic (exact) mass is 278 g/mol. The number of aryl methyl sites for hydroxylation is 3. The molecule has 8 heteroatoms. The molecular weight excluding hydrogens is 268 g/mol. The van der Waals surface area contributed by atoms with Crippen molar-refractivity contribution in [2.45, 2.75) is 19.9 Å². The fraction of sp³-hybridized carbons (Fsp3) is 0.273. The fourth-order valence-electron chi connectivity index (χ4n) is 1.88. The van der Waals surface area contributed by atoms with Crippen LogP contribution >= 0.6 is 11.6 Å². The normalized spacial score (nSPS) is 11.3. The lowest BCUT2D eigenvalue weighted by Crippen LogP contribution is -2.07. The Hall–Kier alpha value is -2.15. The zero-order valence-electron chi connectivity index (χ0n) is 10.2. The quantitative estimate of drug-likeness (QED) is 0.782. The number of halogens is 1. The van der Waals surface area contributed by atoms with Crippen LogP contribution in [-0.2, 0) is 13.0 Å². The lowest BCUT2D eigenvalue weighted by Gasteiger charge is -2.03. The van der Waals surface area contributed by atoms with Crippen LogP contribution in [0.3, 0.4) is 0 Å². The lowest BCUT2D eigenvalue weighted by atomic mass is 10.4. The maximum absolute atomic E-state index is 5.88. The van der Waals surface area contributed by atoms with Crippen molar-refractivity contribution in [1.29, 1.82) is 0 Å². The largest absolute Gasteiger partial charge is 0.369 e. The minimum absolute atomic E-state index is 0.394. The van der Waals surface area contributed by atoms with Gasteiger partial charge in [0.15, 0.2) is 11.5 Å². The van der Waals surface area contributed by atoms with Gasteiger partial charge in [0.25, 0.3) is 0 Å². The molecule has 0 atom stereocenters. The molecule has 7 nitrogen and oxygen atoms in total. The molecule has 0 aliphatic carbocycles. The lowest BCUT2D eigenvalue weighted by molar-refractivity contribution is 0.386. The third-order valence-corrected chi connectivity index (χ3v) is 2.92. The Bertz CT molecular complexity index is 734. The highest BCUT2D eigenvalue weighted by atomic mass is 35.5. The average Bonchev–Trinajstić information content (AvgIpc) is 2.89. The molecule has 0 radical (unpaired) electrons. The summed E-state index contributed by atoms with van der Waals surface area (Å²) in [5.74, 6) is 1.57. The fourth-order valence-corrected chi connectivity index (χ4v) is 2.03. The third-order valence-electron chi connectivity index (χ3n) is 2.71. The van der Waals surface area contributed by atoms with Crippen molar-refractivity contribution in [3.8, 4) is 0 Å². The zero-order chi connectivity index (χ0) is 13.4. The summed E-state index contributed by atoms with van der Waals surface area (Å²) in [4.78, 5) is 12.6. The molecule has 0 spiro atoms. The second kappa shape index (κ2) is 4.51. The Labute approximate surface area is 113 Å². The number of anilines is 1. The topological polar surface area (TPSA) is 95.7 Å². The van der Waals surface area contributed by atoms with Gasteiger partial charge in [-0.15, -0.1) is 0 Å². The van der Waals surface area contributed by atoms with E-state index in [-0.39, 0.29) is 0 Å². The molecule has 3 aromatic rings. The Balaban J connectivity index is 1.90. The van der Waals surface area contributed by atoms with Crippen LogP contribution in [0.4, 0.5) is 5.95 Å².